The van der Waals surface area contributed by atoms with Crippen molar-refractivity contribution in [3.05, 3.63) is 136 Å². The van der Waals surface area contributed by atoms with Crippen molar-refractivity contribution >= 4 is 44.8 Å². The van der Waals surface area contributed by atoms with Crippen molar-refractivity contribution in [3.8, 4) is 22.6 Å². The molecule has 16 heteroatoms. The molecule has 1 fully saturated rings. The van der Waals surface area contributed by atoms with Crippen molar-refractivity contribution in [3.63, 3.8) is 0 Å². The summed E-state index contributed by atoms with van der Waals surface area (Å²) < 4.78 is 66.2. The number of thioether (sulfide) groups is 1. The van der Waals surface area contributed by atoms with Crippen molar-refractivity contribution in [1.29, 1.82) is 0 Å². The number of carbonyl (C=O) groups excluding carboxylic acids is 1. The Morgan fingerprint density at radius 1 is 0.930 bits per heavy atom. The van der Waals surface area contributed by atoms with Crippen LogP contribution in [0.15, 0.2) is 119 Å². The minimum atomic E-state index is -4.44. The number of halogens is 2. The fourth-order valence-corrected chi connectivity index (χ4v) is 9.37. The molecular weight excluding hydrogens is 777 g/mol. The van der Waals surface area contributed by atoms with Gasteiger partial charge in [0.25, 0.3) is 21.6 Å². The van der Waals surface area contributed by atoms with E-state index in [0.29, 0.717) is 37.4 Å². The van der Waals surface area contributed by atoms with Crippen molar-refractivity contribution in [2.45, 2.75) is 41.5 Å². The van der Waals surface area contributed by atoms with E-state index in [0.717, 1.165) is 52.8 Å². The lowest BCUT2D eigenvalue weighted by atomic mass is 9.92. The summed E-state index contributed by atoms with van der Waals surface area (Å²) in [5, 5.41) is 14.9. The molecule has 8 rings (SSSR count). The molecule has 0 saturated carbocycles. The Hall–Kier alpha value is -5.71. The van der Waals surface area contributed by atoms with Gasteiger partial charge in [-0.2, -0.15) is 0 Å². The predicted molar refractivity (Wildman–Crippen MR) is 213 cm³/mol. The third-order valence-electron chi connectivity index (χ3n) is 10.2. The van der Waals surface area contributed by atoms with Gasteiger partial charge >= 0.3 is 6.29 Å². The van der Waals surface area contributed by atoms with Crippen LogP contribution >= 0.6 is 11.8 Å². The summed E-state index contributed by atoms with van der Waals surface area (Å²) in [6, 6.07) is 31.1. The number of hydrogen-bond acceptors (Lipinski definition) is 11. The molecule has 5 aromatic carbocycles. The van der Waals surface area contributed by atoms with Crippen LogP contribution in [0.3, 0.4) is 0 Å². The maximum Gasteiger partial charge on any atom is 0.586 e. The molecule has 1 amide bonds. The number of carbonyl (C=O) groups is 1. The average Bonchev–Trinajstić information content (AvgIpc) is 3.53. The number of rotatable bonds is 12. The number of amides is 1. The van der Waals surface area contributed by atoms with Crippen molar-refractivity contribution in [2.75, 3.05) is 42.1 Å². The summed E-state index contributed by atoms with van der Waals surface area (Å²) >= 11 is 1.58. The summed E-state index contributed by atoms with van der Waals surface area (Å²) in [5.41, 5.74) is 4.11. The average molecular weight is 814 g/mol. The number of nitro groups is 1. The molecule has 0 aromatic heterocycles. The third-order valence-corrected chi connectivity index (χ3v) is 12.6. The van der Waals surface area contributed by atoms with Gasteiger partial charge in [-0.15, -0.1) is 20.5 Å². The van der Waals surface area contributed by atoms with E-state index in [9.17, 15) is 32.1 Å². The van der Waals surface area contributed by atoms with Crippen molar-refractivity contribution in [2.24, 2.45) is 0 Å². The van der Waals surface area contributed by atoms with Gasteiger partial charge in [0.15, 0.2) is 11.5 Å². The zero-order chi connectivity index (χ0) is 39.7. The van der Waals surface area contributed by atoms with Crippen molar-refractivity contribution < 1.29 is 36.4 Å². The standard InChI is InChI=1S/C41H37F2N5O7S2/c42-41(43)54-38-12-6-11-34(39(38)55-41)33-10-5-4-7-29(33)25-46-20-21-47-30(26-46)15-13-27-23-28(14-18-36(27)47)40(49)45-57(52,53)32-16-17-35(37(24-32)48(50)51)44-19-22-56-31-8-2-1-3-9-31/h1-12,14,16-18,23-24,30,44H,13,15,19-22,25-26H2,(H,45,49)/t30-/m0/s1. The maximum atomic E-state index is 14.0. The van der Waals surface area contributed by atoms with Crippen LogP contribution in [0.1, 0.15) is 27.9 Å². The van der Waals surface area contributed by atoms with Crippen LogP contribution in [0.5, 0.6) is 11.5 Å². The summed E-state index contributed by atoms with van der Waals surface area (Å²) in [6.07, 6.45) is -2.25. The molecule has 3 heterocycles. The second-order valence-electron chi connectivity index (χ2n) is 13.9. The number of sulfonamides is 1. The van der Waals surface area contributed by atoms with Gasteiger partial charge in [-0.3, -0.25) is 19.8 Å². The lowest BCUT2D eigenvalue weighted by Crippen LogP contribution is -2.54. The van der Waals surface area contributed by atoms with E-state index in [-0.39, 0.29) is 28.8 Å². The number of alkyl halides is 2. The molecule has 5 aromatic rings. The quantitative estimate of drug-likeness (QED) is 0.0558. The van der Waals surface area contributed by atoms with Crippen LogP contribution in [0.25, 0.3) is 11.1 Å². The van der Waals surface area contributed by atoms with Crippen LogP contribution in [0.4, 0.5) is 25.8 Å². The minimum absolute atomic E-state index is 0.00137. The van der Waals surface area contributed by atoms with Gasteiger partial charge in [-0.25, -0.2) is 13.1 Å². The highest BCUT2D eigenvalue weighted by atomic mass is 32.2. The van der Waals surface area contributed by atoms with Crippen LogP contribution in [-0.2, 0) is 23.0 Å². The fraction of sp³-hybridized carbons (Fsp3) is 0.244. The lowest BCUT2D eigenvalue weighted by Gasteiger charge is -2.46. The predicted octanol–water partition coefficient (Wildman–Crippen LogP) is 7.54. The van der Waals surface area contributed by atoms with Gasteiger partial charge in [-0.1, -0.05) is 54.6 Å². The van der Waals surface area contributed by atoms with Gasteiger partial charge in [0.05, 0.1) is 9.82 Å². The molecule has 3 aliphatic rings. The van der Waals surface area contributed by atoms with Gasteiger partial charge in [0.2, 0.25) is 0 Å². The number of hydrogen-bond donors (Lipinski definition) is 2. The van der Waals surface area contributed by atoms with Gasteiger partial charge in [0.1, 0.15) is 5.69 Å². The van der Waals surface area contributed by atoms with Gasteiger partial charge in [-0.05, 0) is 78.1 Å². The number of para-hydroxylation sites is 1. The molecular formula is C41H37F2N5O7S2. The first-order valence-corrected chi connectivity index (χ1v) is 20.8. The molecule has 1 saturated heterocycles. The molecule has 3 aliphatic heterocycles. The Balaban J connectivity index is 0.903. The minimum Gasteiger partial charge on any atom is -0.395 e. The molecule has 0 spiro atoms. The highest BCUT2D eigenvalue weighted by Gasteiger charge is 2.45. The first kappa shape index (κ1) is 38.2. The smallest absolute Gasteiger partial charge is 0.395 e. The highest BCUT2D eigenvalue weighted by molar-refractivity contribution is 7.99. The zero-order valence-electron chi connectivity index (χ0n) is 30.4. The molecule has 12 nitrogen and oxygen atoms in total. The first-order valence-electron chi connectivity index (χ1n) is 18.3. The van der Waals surface area contributed by atoms with E-state index in [2.05, 4.69) is 24.6 Å². The maximum absolute atomic E-state index is 14.0. The van der Waals surface area contributed by atoms with Crippen LogP contribution in [0, 0.1) is 10.1 Å². The Kier molecular flexibility index (Phi) is 10.5. The number of nitrogens with zero attached hydrogens (tertiary/aromatic N) is 3. The van der Waals surface area contributed by atoms with Crippen LogP contribution in [0.2, 0.25) is 0 Å². The summed E-state index contributed by atoms with van der Waals surface area (Å²) in [7, 11) is -4.44. The number of anilines is 2. The van der Waals surface area contributed by atoms with E-state index in [1.54, 1.807) is 36.0 Å². The number of benzene rings is 5. The second kappa shape index (κ2) is 15.7. The first-order chi connectivity index (χ1) is 27.4. The van der Waals surface area contributed by atoms with Crippen LogP contribution < -0.4 is 24.4 Å². The van der Waals surface area contributed by atoms with E-state index in [4.69, 9.17) is 4.74 Å². The molecule has 0 radical (unpaired) electrons. The Morgan fingerprint density at radius 2 is 1.72 bits per heavy atom. The number of aryl methyl sites for hydroxylation is 1. The number of piperazine rings is 1. The number of ether oxygens (including phenoxy) is 2. The molecule has 294 valence electrons. The van der Waals surface area contributed by atoms with E-state index in [1.165, 1.54) is 18.2 Å². The lowest BCUT2D eigenvalue weighted by molar-refractivity contribution is -0.384. The molecule has 57 heavy (non-hydrogen) atoms. The Labute approximate surface area is 332 Å². The van der Waals surface area contributed by atoms with Gasteiger partial charge < -0.3 is 19.7 Å². The summed E-state index contributed by atoms with van der Waals surface area (Å²) in [5.74, 6) is -0.192. The monoisotopic (exact) mass is 813 g/mol. The SMILES string of the molecule is O=C(NS(=O)(=O)c1ccc(NCCSc2ccccc2)c([N+](=O)[O-])c1)c1ccc2c(c1)CC[C@H]1CN(Cc3ccccc3-c3cccc4c3OC(F)(F)O4)CCN21. The molecule has 2 N–H and O–H groups in total. The number of fused-ring (bicyclic) bond motifs is 4. The second-order valence-corrected chi connectivity index (χ2v) is 16.7. The zero-order valence-corrected chi connectivity index (χ0v) is 32.0. The third kappa shape index (κ3) is 8.24. The Bertz CT molecular complexity index is 2460. The molecule has 0 unspecified atom stereocenters. The van der Waals surface area contributed by atoms with E-state index in [1.807, 2.05) is 60.7 Å². The van der Waals surface area contributed by atoms with E-state index < -0.39 is 37.7 Å². The fourth-order valence-electron chi connectivity index (χ4n) is 7.59. The van der Waals surface area contributed by atoms with Crippen molar-refractivity contribution in [1.82, 2.24) is 9.62 Å². The molecule has 1 atom stereocenters. The number of nitrogens with one attached hydrogen (secondary N) is 2. The summed E-state index contributed by atoms with van der Waals surface area (Å²) in [4.78, 5) is 29.9. The molecule has 0 bridgehead atoms. The largest absolute Gasteiger partial charge is 0.586 e. The normalized spacial score (nSPS) is 17.0. The van der Waals surface area contributed by atoms with E-state index >= 15 is 0 Å². The number of nitro benzene ring substituents is 1. The summed E-state index contributed by atoms with van der Waals surface area (Å²) in [6.45, 7) is 3.19. The van der Waals surface area contributed by atoms with Crippen LogP contribution in [-0.4, -0.2) is 68.4 Å². The highest BCUT2D eigenvalue weighted by Crippen LogP contribution is 2.48. The molecule has 0 aliphatic carbocycles. The van der Waals surface area contributed by atoms with Gasteiger partial charge in [0, 0.05) is 72.3 Å². The Morgan fingerprint density at radius 3 is 2.54 bits per heavy atom. The topological polar surface area (TPSA) is 143 Å².